The molecule has 1 aliphatic rings. The number of ether oxygens (including phenoxy) is 2. The van der Waals surface area contributed by atoms with Crippen molar-refractivity contribution in [1.29, 1.82) is 0 Å². The van der Waals surface area contributed by atoms with Crippen LogP contribution < -0.4 is 15.0 Å². The van der Waals surface area contributed by atoms with Crippen LogP contribution in [-0.2, 0) is 25.3 Å². The van der Waals surface area contributed by atoms with Crippen LogP contribution in [0.3, 0.4) is 0 Å². The Morgan fingerprint density at radius 3 is 2.58 bits per heavy atom. The van der Waals surface area contributed by atoms with Crippen molar-refractivity contribution in [3.8, 4) is 5.75 Å². The smallest absolute Gasteiger partial charge is 0.416 e. The summed E-state index contributed by atoms with van der Waals surface area (Å²) in [6.07, 6.45) is -4.78. The first-order valence-corrected chi connectivity index (χ1v) is 10.2. The average Bonchev–Trinajstić information content (AvgIpc) is 3.14. The number of carbonyl (C=O) groups excluding carboxylic acids is 3. The third-order valence-electron chi connectivity index (χ3n) is 4.80. The normalized spacial score (nSPS) is 16.0. The van der Waals surface area contributed by atoms with E-state index in [4.69, 9.17) is 32.7 Å². The van der Waals surface area contributed by atoms with Gasteiger partial charge in [0.15, 0.2) is 6.61 Å². The molecular formula is C21H17Cl2F3N2O5. The minimum absolute atomic E-state index is 0.0184. The van der Waals surface area contributed by atoms with Gasteiger partial charge in [-0.2, -0.15) is 13.2 Å². The Morgan fingerprint density at radius 2 is 1.91 bits per heavy atom. The first-order valence-electron chi connectivity index (χ1n) is 9.46. The monoisotopic (exact) mass is 504 g/mol. The van der Waals surface area contributed by atoms with Gasteiger partial charge in [0, 0.05) is 18.0 Å². The molecule has 7 nitrogen and oxygen atoms in total. The van der Waals surface area contributed by atoms with Crippen LogP contribution in [-0.4, -0.2) is 38.0 Å². The van der Waals surface area contributed by atoms with Gasteiger partial charge in [-0.15, -0.1) is 0 Å². The van der Waals surface area contributed by atoms with Crippen molar-refractivity contribution in [1.82, 2.24) is 0 Å². The predicted octanol–water partition coefficient (Wildman–Crippen LogP) is 4.56. The molecule has 0 bridgehead atoms. The predicted molar refractivity (Wildman–Crippen MR) is 115 cm³/mol. The lowest BCUT2D eigenvalue weighted by Crippen LogP contribution is -2.28. The molecule has 12 heteroatoms. The van der Waals surface area contributed by atoms with Gasteiger partial charge in [0.1, 0.15) is 5.75 Å². The van der Waals surface area contributed by atoms with Gasteiger partial charge in [0.25, 0.3) is 5.91 Å². The van der Waals surface area contributed by atoms with E-state index in [1.54, 1.807) is 12.1 Å². The van der Waals surface area contributed by atoms with E-state index in [1.807, 2.05) is 0 Å². The maximum atomic E-state index is 12.8. The number of methoxy groups -OCH3 is 1. The van der Waals surface area contributed by atoms with E-state index < -0.39 is 36.1 Å². The number of amides is 2. The Bertz CT molecular complexity index is 1090. The Balaban J connectivity index is 1.60. The second kappa shape index (κ2) is 9.88. The number of nitrogens with zero attached hydrogens (tertiary/aromatic N) is 1. The van der Waals surface area contributed by atoms with Crippen LogP contribution in [0.5, 0.6) is 5.75 Å². The molecule has 1 heterocycles. The third kappa shape index (κ3) is 5.88. The molecule has 0 saturated carbocycles. The number of carbonyl (C=O) groups is 3. The largest absolute Gasteiger partial charge is 0.495 e. The Kier molecular flexibility index (Phi) is 7.38. The fraction of sp³-hybridized carbons (Fsp3) is 0.286. The number of nitrogens with one attached hydrogen (secondary N) is 1. The van der Waals surface area contributed by atoms with Crippen LogP contribution >= 0.6 is 23.2 Å². The van der Waals surface area contributed by atoms with Crippen molar-refractivity contribution in [2.45, 2.75) is 12.6 Å². The molecule has 0 radical (unpaired) electrons. The molecule has 1 aliphatic heterocycles. The number of halogens is 5. The van der Waals surface area contributed by atoms with Gasteiger partial charge < -0.3 is 19.7 Å². The topological polar surface area (TPSA) is 84.9 Å². The highest BCUT2D eigenvalue weighted by atomic mass is 35.5. The highest BCUT2D eigenvalue weighted by Crippen LogP contribution is 2.36. The van der Waals surface area contributed by atoms with E-state index in [-0.39, 0.29) is 29.6 Å². The molecule has 0 spiro atoms. The summed E-state index contributed by atoms with van der Waals surface area (Å²) in [7, 11) is 1.42. The highest BCUT2D eigenvalue weighted by Gasteiger charge is 2.37. The zero-order valence-corrected chi connectivity index (χ0v) is 18.6. The van der Waals surface area contributed by atoms with Crippen molar-refractivity contribution in [2.75, 3.05) is 30.5 Å². The van der Waals surface area contributed by atoms with Crippen molar-refractivity contribution in [2.24, 2.45) is 5.92 Å². The summed E-state index contributed by atoms with van der Waals surface area (Å²) in [6.45, 7) is -0.786. The molecule has 1 atom stereocenters. The fourth-order valence-electron chi connectivity index (χ4n) is 3.21. The van der Waals surface area contributed by atoms with Crippen LogP contribution in [0, 0.1) is 5.92 Å². The maximum absolute atomic E-state index is 12.8. The van der Waals surface area contributed by atoms with Crippen molar-refractivity contribution < 1.29 is 37.0 Å². The van der Waals surface area contributed by atoms with Crippen molar-refractivity contribution in [3.63, 3.8) is 0 Å². The fourth-order valence-corrected chi connectivity index (χ4v) is 3.54. The summed E-state index contributed by atoms with van der Waals surface area (Å²) in [5.74, 6) is -2.53. The van der Waals surface area contributed by atoms with E-state index >= 15 is 0 Å². The van der Waals surface area contributed by atoms with Crippen LogP contribution in [0.2, 0.25) is 10.0 Å². The molecular weight excluding hydrogens is 488 g/mol. The van der Waals surface area contributed by atoms with Gasteiger partial charge in [-0.1, -0.05) is 23.2 Å². The summed E-state index contributed by atoms with van der Waals surface area (Å²) >= 11 is 11.8. The molecule has 1 fully saturated rings. The molecule has 2 aromatic rings. The summed E-state index contributed by atoms with van der Waals surface area (Å²) in [5.41, 5.74) is -0.884. The number of anilines is 2. The lowest BCUT2D eigenvalue weighted by atomic mass is 10.1. The van der Waals surface area contributed by atoms with Crippen LogP contribution in [0.15, 0.2) is 36.4 Å². The molecule has 2 aromatic carbocycles. The van der Waals surface area contributed by atoms with Crippen molar-refractivity contribution >= 4 is 52.4 Å². The van der Waals surface area contributed by atoms with Crippen molar-refractivity contribution in [3.05, 3.63) is 52.0 Å². The van der Waals surface area contributed by atoms with Gasteiger partial charge in [-0.3, -0.25) is 14.4 Å². The van der Waals surface area contributed by atoms with E-state index in [9.17, 15) is 27.6 Å². The van der Waals surface area contributed by atoms with Gasteiger partial charge >= 0.3 is 12.1 Å². The molecule has 33 heavy (non-hydrogen) atoms. The van der Waals surface area contributed by atoms with E-state index in [2.05, 4.69) is 5.32 Å². The van der Waals surface area contributed by atoms with Gasteiger partial charge in [0.05, 0.1) is 35.0 Å². The van der Waals surface area contributed by atoms with E-state index in [0.29, 0.717) is 22.5 Å². The number of hydrogen-bond donors (Lipinski definition) is 1. The maximum Gasteiger partial charge on any atom is 0.416 e. The first kappa shape index (κ1) is 24.7. The van der Waals surface area contributed by atoms with Gasteiger partial charge in [0.2, 0.25) is 5.91 Å². The van der Waals surface area contributed by atoms with Crippen LogP contribution in [0.25, 0.3) is 0 Å². The second-order valence-electron chi connectivity index (χ2n) is 7.07. The van der Waals surface area contributed by atoms with E-state index in [0.717, 1.165) is 12.1 Å². The molecule has 1 saturated heterocycles. The molecule has 0 aliphatic carbocycles. The number of alkyl halides is 3. The number of esters is 1. The Hall–Kier alpha value is -2.98. The summed E-state index contributed by atoms with van der Waals surface area (Å²) < 4.78 is 48.7. The van der Waals surface area contributed by atoms with Gasteiger partial charge in [-0.25, -0.2) is 0 Å². The summed E-state index contributed by atoms with van der Waals surface area (Å²) in [5, 5.41) is 2.43. The first-order chi connectivity index (χ1) is 15.5. The molecule has 176 valence electrons. The minimum atomic E-state index is -4.62. The van der Waals surface area contributed by atoms with Crippen LogP contribution in [0.1, 0.15) is 12.0 Å². The van der Waals surface area contributed by atoms with Crippen LogP contribution in [0.4, 0.5) is 24.5 Å². The number of benzene rings is 2. The summed E-state index contributed by atoms with van der Waals surface area (Å²) in [4.78, 5) is 38.2. The molecule has 2 amide bonds. The van der Waals surface area contributed by atoms with Gasteiger partial charge in [-0.05, 0) is 36.4 Å². The zero-order chi connectivity index (χ0) is 24.3. The average molecular weight is 505 g/mol. The molecule has 0 unspecified atom stereocenters. The lowest BCUT2D eigenvalue weighted by Gasteiger charge is -2.19. The van der Waals surface area contributed by atoms with E-state index in [1.165, 1.54) is 18.1 Å². The lowest BCUT2D eigenvalue weighted by molar-refractivity contribution is -0.151. The molecule has 0 aromatic heterocycles. The SMILES string of the molecule is COc1ccc(Cl)cc1N1C[C@@H](C(=O)OCC(=O)Nc2cc(C(F)(F)F)ccc2Cl)CC1=O. The Labute approximate surface area is 196 Å². The summed E-state index contributed by atoms with van der Waals surface area (Å²) in [6, 6.07) is 7.14. The second-order valence-corrected chi connectivity index (χ2v) is 7.91. The minimum Gasteiger partial charge on any atom is -0.495 e. The molecule has 3 rings (SSSR count). The standard InChI is InChI=1S/C21H17Cl2F3N2O5/c1-32-17-5-3-13(22)8-16(17)28-9-11(6-19(28)30)20(31)33-10-18(29)27-15-7-12(21(24,25)26)2-4-14(15)23/h2-5,7-8,11H,6,9-10H2,1H3,(H,27,29)/t11-/m0/s1. The third-order valence-corrected chi connectivity index (χ3v) is 5.37. The molecule has 1 N–H and O–H groups in total. The zero-order valence-electron chi connectivity index (χ0n) is 17.0. The highest BCUT2D eigenvalue weighted by molar-refractivity contribution is 6.33. The number of rotatable bonds is 6. The number of hydrogen-bond acceptors (Lipinski definition) is 5. The Morgan fingerprint density at radius 1 is 1.18 bits per heavy atom. The quantitative estimate of drug-likeness (QED) is 0.583.